The van der Waals surface area contributed by atoms with Gasteiger partial charge in [-0.3, -0.25) is 52.7 Å². The third kappa shape index (κ3) is 27.3. The van der Waals surface area contributed by atoms with E-state index in [2.05, 4.69) is 81.6 Å². The van der Waals surface area contributed by atoms with Crippen LogP contribution in [0.15, 0.2) is 54.6 Å². The maximum Gasteiger partial charge on any atom is 0.246 e. The Balaban J connectivity index is 0.00000144. The monoisotopic (exact) mass is 1550 g/mol. The van der Waals surface area contributed by atoms with Crippen molar-refractivity contribution in [3.8, 4) is 0 Å². The van der Waals surface area contributed by atoms with Crippen LogP contribution in [0.25, 0.3) is 0 Å². The number of amides is 11. The number of para-hydroxylation sites is 1. The van der Waals surface area contributed by atoms with Crippen LogP contribution in [0.1, 0.15) is 174 Å². The standard InChI is InChI=1S/C62H111N11O12.C19H23ClN2.ClH/c1-25-27-28-40(15)52(75)51-56(79)65-43(26-2)58(81)67(18)33-48(74)68(19)44(29-34(3)4)55(78)66-49(38(11)12)61(84)69(20)45(30-35(5)6)54(77)63-41(16)53(76)64-42(17)57(80)70(21)46(31-36(7)8)59(82)71(22)47(32-37(9)10)60(83)72(23)50(39(13)14)62(85)73(51)24;1-21(2)12-5-13-22-18-7-4-3-6-15(18)8-9-16-10-11-17(20)14-19(16)22;/h25,27,34-47,49-52,75H,26,28-33H2,1-24H3,(H,63,77)(H,64,76)(H,65,79)(H,66,78);3-4,6-7,10-11,14H,5,8-9,12-13H2,1-2H3;1H. The summed E-state index contributed by atoms with van der Waals surface area (Å²) in [5.41, 5.74) is 5.43. The van der Waals surface area contributed by atoms with Gasteiger partial charge in [-0.15, -0.1) is 12.4 Å². The van der Waals surface area contributed by atoms with E-state index in [1.54, 1.807) is 54.5 Å². The van der Waals surface area contributed by atoms with Gasteiger partial charge in [-0.25, -0.2) is 0 Å². The average Bonchev–Trinajstić information content (AvgIpc) is 1.16. The van der Waals surface area contributed by atoms with Crippen LogP contribution in [0.4, 0.5) is 11.4 Å². The minimum absolute atomic E-state index is 0. The molecule has 108 heavy (non-hydrogen) atoms. The highest BCUT2D eigenvalue weighted by Crippen LogP contribution is 2.38. The Morgan fingerprint density at radius 3 is 1.51 bits per heavy atom. The Bertz CT molecular complexity index is 3350. The summed E-state index contributed by atoms with van der Waals surface area (Å²) in [5.74, 6) is -9.71. The molecule has 610 valence electrons. The maximum atomic E-state index is 15.1. The zero-order chi connectivity index (χ0) is 81.5. The minimum atomic E-state index is -1.61. The molecular formula is C81H135Cl2N13O12. The molecule has 2 aliphatic heterocycles. The van der Waals surface area contributed by atoms with Crippen molar-refractivity contribution >= 4 is 100 Å². The van der Waals surface area contributed by atoms with Crippen molar-refractivity contribution in [3.05, 3.63) is 70.8 Å². The fraction of sp³-hybridized carbons (Fsp3) is 0.691. The number of allylic oxidation sites excluding steroid dienone is 2. The van der Waals surface area contributed by atoms with Crippen molar-refractivity contribution < 1.29 is 57.8 Å². The third-order valence-electron chi connectivity index (χ3n) is 20.3. The van der Waals surface area contributed by atoms with Crippen LogP contribution in [0.5, 0.6) is 0 Å². The first-order chi connectivity index (χ1) is 49.9. The number of hydrogen-bond donors (Lipinski definition) is 5. The van der Waals surface area contributed by atoms with Crippen molar-refractivity contribution in [2.45, 2.75) is 242 Å². The number of nitrogens with one attached hydrogen (secondary N) is 4. The van der Waals surface area contributed by atoms with Gasteiger partial charge in [0.2, 0.25) is 65.0 Å². The lowest BCUT2D eigenvalue weighted by Crippen LogP contribution is -2.63. The van der Waals surface area contributed by atoms with E-state index < -0.39 is 156 Å². The Morgan fingerprint density at radius 1 is 0.528 bits per heavy atom. The Hall–Kier alpha value is -7.35. The first-order valence-corrected chi connectivity index (χ1v) is 38.9. The number of benzene rings is 2. The minimum Gasteiger partial charge on any atom is -0.390 e. The molecule has 27 heteroatoms. The molecule has 0 radical (unpaired) electrons. The molecule has 11 amide bonds. The number of anilines is 2. The second-order valence-electron chi connectivity index (χ2n) is 32.3. The van der Waals surface area contributed by atoms with Crippen molar-refractivity contribution in [3.63, 3.8) is 0 Å². The summed E-state index contributed by atoms with van der Waals surface area (Å²) >= 11 is 6.27. The summed E-state index contributed by atoms with van der Waals surface area (Å²) in [7, 11) is 14.2. The summed E-state index contributed by atoms with van der Waals surface area (Å²) in [6.45, 7) is 31.4. The number of aliphatic hydroxyl groups excluding tert-OH is 1. The quantitative estimate of drug-likeness (QED) is 0.0829. The van der Waals surface area contributed by atoms with Gasteiger partial charge in [0.05, 0.1) is 12.6 Å². The summed E-state index contributed by atoms with van der Waals surface area (Å²) in [5, 5.41) is 23.9. The van der Waals surface area contributed by atoms with Gasteiger partial charge in [-0.05, 0) is 170 Å². The number of aryl methyl sites for hydroxylation is 2. The Kier molecular flexibility index (Phi) is 40.4. The molecule has 12 unspecified atom stereocenters. The molecule has 12 atom stereocenters. The van der Waals surface area contributed by atoms with Crippen LogP contribution >= 0.6 is 24.0 Å². The normalized spacial score (nSPS) is 24.0. The van der Waals surface area contributed by atoms with E-state index >= 15 is 9.59 Å². The van der Waals surface area contributed by atoms with Gasteiger partial charge in [0, 0.05) is 72.3 Å². The smallest absolute Gasteiger partial charge is 0.246 e. The molecule has 0 saturated carbocycles. The number of nitrogens with zero attached hydrogens (tertiary/aromatic N) is 9. The molecule has 2 heterocycles. The molecule has 1 fully saturated rings. The predicted molar refractivity (Wildman–Crippen MR) is 431 cm³/mol. The van der Waals surface area contributed by atoms with Crippen LogP contribution in [0.2, 0.25) is 5.02 Å². The van der Waals surface area contributed by atoms with Gasteiger partial charge < -0.3 is 70.5 Å². The topological polar surface area (TPSA) is 285 Å². The second-order valence-corrected chi connectivity index (χ2v) is 32.7. The first kappa shape index (κ1) is 96.7. The predicted octanol–water partition coefficient (Wildman–Crippen LogP) is 8.22. The van der Waals surface area contributed by atoms with E-state index in [0.717, 1.165) is 47.2 Å². The molecule has 2 aromatic carbocycles. The molecule has 2 aromatic rings. The Morgan fingerprint density at radius 2 is 1.00 bits per heavy atom. The number of halogens is 2. The fourth-order valence-electron chi connectivity index (χ4n) is 13.9. The molecule has 0 aromatic heterocycles. The number of fused-ring (bicyclic) bond motifs is 2. The third-order valence-corrected chi connectivity index (χ3v) is 20.6. The Labute approximate surface area is 657 Å². The molecule has 2 aliphatic rings. The van der Waals surface area contributed by atoms with Crippen LogP contribution in [-0.4, -0.2) is 259 Å². The van der Waals surface area contributed by atoms with Gasteiger partial charge in [-0.1, -0.05) is 145 Å². The van der Waals surface area contributed by atoms with Crippen LogP contribution < -0.4 is 26.2 Å². The van der Waals surface area contributed by atoms with E-state index in [0.29, 0.717) is 6.42 Å². The van der Waals surface area contributed by atoms with E-state index in [1.165, 1.54) is 110 Å². The number of aliphatic hydroxyl groups is 1. The average molecular weight is 1550 g/mol. The van der Waals surface area contributed by atoms with E-state index in [4.69, 9.17) is 11.6 Å². The number of hydrogen-bond acceptors (Lipinski definition) is 14. The van der Waals surface area contributed by atoms with Gasteiger partial charge in [0.1, 0.15) is 60.4 Å². The summed E-state index contributed by atoms with van der Waals surface area (Å²) in [6, 6.07) is 2.74. The van der Waals surface area contributed by atoms with Gasteiger partial charge in [0.15, 0.2) is 0 Å². The number of carbonyl (C=O) groups is 11. The van der Waals surface area contributed by atoms with Crippen LogP contribution in [0, 0.1) is 41.4 Å². The van der Waals surface area contributed by atoms with Crippen molar-refractivity contribution in [1.82, 2.24) is 60.5 Å². The SMILES string of the molecule is CC=CCC(C)C(O)C1C(=O)NC(CC)C(=O)N(C)CC(=O)N(C)C(CC(C)C)C(=O)NC(C(C)C)C(=O)N(C)C(CC(C)C)C(=O)NC(C)C(=O)NC(C)C(=O)N(C)C(CC(C)C)C(=O)N(C)C(CC(C)C)C(=O)N(C)C(C(C)C)C(=O)N1C.CN(C)CCCN1c2ccccc2CCc2ccc(Cl)cc21.Cl. The lowest BCUT2D eigenvalue weighted by atomic mass is 9.91. The maximum absolute atomic E-state index is 15.1. The van der Waals surface area contributed by atoms with Crippen LogP contribution in [-0.2, 0) is 65.6 Å². The zero-order valence-corrected chi connectivity index (χ0v) is 71.4. The lowest BCUT2D eigenvalue weighted by molar-refractivity contribution is -0.157. The molecule has 0 spiro atoms. The van der Waals surface area contributed by atoms with Gasteiger partial charge in [-0.2, -0.15) is 0 Å². The van der Waals surface area contributed by atoms with E-state index in [-0.39, 0.29) is 68.2 Å². The van der Waals surface area contributed by atoms with Crippen LogP contribution in [0.3, 0.4) is 0 Å². The summed E-state index contributed by atoms with van der Waals surface area (Å²) < 4.78 is 0. The highest BCUT2D eigenvalue weighted by atomic mass is 35.5. The number of carbonyl (C=O) groups excluding carboxylic acids is 11. The summed E-state index contributed by atoms with van der Waals surface area (Å²) in [6.07, 6.45) is 6.34. The zero-order valence-electron chi connectivity index (χ0n) is 69.8. The first-order valence-electron chi connectivity index (χ1n) is 38.5. The number of rotatable bonds is 19. The van der Waals surface area contributed by atoms with Crippen molar-refractivity contribution in [2.24, 2.45) is 41.4 Å². The fourth-order valence-corrected chi connectivity index (χ4v) is 14.0. The van der Waals surface area contributed by atoms with E-state index in [9.17, 15) is 48.3 Å². The molecule has 0 bridgehead atoms. The lowest BCUT2D eigenvalue weighted by Gasteiger charge is -2.41. The molecule has 4 rings (SSSR count). The molecular weight excluding hydrogens is 1420 g/mol. The molecule has 5 N–H and O–H groups in total. The summed E-state index contributed by atoms with van der Waals surface area (Å²) in [4.78, 5) is 173. The number of likely N-dealkylation sites (N-methyl/N-ethyl adjacent to an activating group) is 7. The van der Waals surface area contributed by atoms with Gasteiger partial charge in [0.25, 0.3) is 0 Å². The largest absolute Gasteiger partial charge is 0.390 e. The molecule has 1 saturated heterocycles. The highest BCUT2D eigenvalue weighted by Gasteiger charge is 2.46. The van der Waals surface area contributed by atoms with Crippen molar-refractivity contribution in [2.75, 3.05) is 88.0 Å². The molecule has 0 aliphatic carbocycles. The molecule has 25 nitrogen and oxygen atoms in total. The van der Waals surface area contributed by atoms with Crippen molar-refractivity contribution in [1.29, 1.82) is 0 Å². The van der Waals surface area contributed by atoms with Gasteiger partial charge >= 0.3 is 0 Å². The second kappa shape index (κ2) is 45.1. The van der Waals surface area contributed by atoms with E-state index in [1.807, 2.05) is 67.5 Å². The highest BCUT2D eigenvalue weighted by molar-refractivity contribution is 6.31.